The van der Waals surface area contributed by atoms with Crippen molar-refractivity contribution in [1.29, 1.82) is 0 Å². The lowest BCUT2D eigenvalue weighted by atomic mass is 10.2. The molecule has 0 aliphatic carbocycles. The molecule has 0 aliphatic heterocycles. The zero-order chi connectivity index (χ0) is 17.1. The predicted octanol–water partition coefficient (Wildman–Crippen LogP) is 3.29. The van der Waals surface area contributed by atoms with Gasteiger partial charge < -0.3 is 10.3 Å². The van der Waals surface area contributed by atoms with Crippen molar-refractivity contribution in [2.45, 2.75) is 12.8 Å². The van der Waals surface area contributed by atoms with E-state index in [2.05, 4.69) is 15.3 Å². The van der Waals surface area contributed by atoms with E-state index in [0.29, 0.717) is 16.7 Å². The molecule has 24 heavy (non-hydrogen) atoms. The second-order valence-corrected chi connectivity index (χ2v) is 5.64. The Kier molecular flexibility index (Phi) is 4.57. The lowest BCUT2D eigenvalue weighted by Crippen LogP contribution is -2.16. The van der Waals surface area contributed by atoms with Gasteiger partial charge in [-0.3, -0.25) is 9.59 Å². The van der Waals surface area contributed by atoms with E-state index in [-0.39, 0.29) is 35.0 Å². The number of aromatic nitrogens is 2. The van der Waals surface area contributed by atoms with Crippen LogP contribution in [-0.2, 0) is 11.2 Å². The molecule has 5 nitrogen and oxygen atoms in total. The van der Waals surface area contributed by atoms with Gasteiger partial charge in [-0.15, -0.1) is 0 Å². The first kappa shape index (κ1) is 16.1. The van der Waals surface area contributed by atoms with Crippen LogP contribution in [0.25, 0.3) is 10.9 Å². The fraction of sp³-hybridized carbons (Fsp3) is 0.118. The summed E-state index contributed by atoms with van der Waals surface area (Å²) in [5.41, 5.74) is 0.379. The van der Waals surface area contributed by atoms with Crippen LogP contribution in [0.15, 0.2) is 47.3 Å². The first-order valence-electron chi connectivity index (χ1n) is 7.26. The summed E-state index contributed by atoms with van der Waals surface area (Å²) in [4.78, 5) is 30.9. The number of H-pyrrole nitrogens is 1. The van der Waals surface area contributed by atoms with Crippen LogP contribution in [0.2, 0.25) is 5.02 Å². The lowest BCUT2D eigenvalue weighted by molar-refractivity contribution is -0.116. The minimum atomic E-state index is -0.604. The van der Waals surface area contributed by atoms with E-state index < -0.39 is 5.82 Å². The monoisotopic (exact) mass is 345 g/mol. The molecule has 3 aromatic rings. The summed E-state index contributed by atoms with van der Waals surface area (Å²) in [6.07, 6.45) is 0.296. The molecule has 0 radical (unpaired) electrons. The molecule has 1 heterocycles. The van der Waals surface area contributed by atoms with Gasteiger partial charge in [0.05, 0.1) is 16.6 Å². The van der Waals surface area contributed by atoms with Gasteiger partial charge in [-0.1, -0.05) is 23.7 Å². The Balaban J connectivity index is 1.69. The van der Waals surface area contributed by atoms with Crippen molar-refractivity contribution in [3.8, 4) is 0 Å². The van der Waals surface area contributed by atoms with E-state index in [1.807, 2.05) is 0 Å². The Morgan fingerprint density at radius 3 is 2.83 bits per heavy atom. The Morgan fingerprint density at radius 2 is 2.04 bits per heavy atom. The lowest BCUT2D eigenvalue weighted by Gasteiger charge is -2.07. The molecule has 0 saturated carbocycles. The summed E-state index contributed by atoms with van der Waals surface area (Å²) in [6.45, 7) is 0. The third kappa shape index (κ3) is 3.60. The highest BCUT2D eigenvalue weighted by Crippen LogP contribution is 2.19. The Bertz CT molecular complexity index is 971. The maximum atomic E-state index is 13.6. The van der Waals surface area contributed by atoms with Crippen molar-refractivity contribution in [2.75, 3.05) is 5.32 Å². The van der Waals surface area contributed by atoms with Crippen LogP contribution < -0.4 is 10.9 Å². The standard InChI is InChI=1S/C17H13ClFN3O2/c18-10-5-6-14(12(19)9-10)21-16(23)8-7-15-20-13-4-2-1-3-11(13)17(24)22-15/h1-6,9H,7-8H2,(H,21,23)(H,20,22,24). The summed E-state index contributed by atoms with van der Waals surface area (Å²) in [6, 6.07) is 11.0. The summed E-state index contributed by atoms with van der Waals surface area (Å²) in [7, 11) is 0. The zero-order valence-electron chi connectivity index (χ0n) is 12.5. The average molecular weight is 346 g/mol. The number of benzene rings is 2. The average Bonchev–Trinajstić information content (AvgIpc) is 2.56. The van der Waals surface area contributed by atoms with Gasteiger partial charge in [0.2, 0.25) is 5.91 Å². The van der Waals surface area contributed by atoms with Crippen LogP contribution in [-0.4, -0.2) is 15.9 Å². The Hall–Kier alpha value is -2.73. The number of para-hydroxylation sites is 1. The highest BCUT2D eigenvalue weighted by Gasteiger charge is 2.09. The number of hydrogen-bond acceptors (Lipinski definition) is 3. The van der Waals surface area contributed by atoms with Crippen LogP contribution >= 0.6 is 11.6 Å². The Labute approximate surface area is 141 Å². The van der Waals surface area contributed by atoms with Gasteiger partial charge in [0, 0.05) is 17.9 Å². The molecule has 0 saturated heterocycles. The molecule has 0 spiro atoms. The number of nitrogens with one attached hydrogen (secondary N) is 2. The number of anilines is 1. The zero-order valence-corrected chi connectivity index (χ0v) is 13.2. The summed E-state index contributed by atoms with van der Waals surface area (Å²) < 4.78 is 13.6. The van der Waals surface area contributed by atoms with E-state index in [9.17, 15) is 14.0 Å². The first-order valence-corrected chi connectivity index (χ1v) is 7.63. The van der Waals surface area contributed by atoms with Crippen molar-refractivity contribution in [1.82, 2.24) is 9.97 Å². The highest BCUT2D eigenvalue weighted by molar-refractivity contribution is 6.30. The van der Waals surface area contributed by atoms with Gasteiger partial charge in [-0.25, -0.2) is 9.37 Å². The van der Waals surface area contributed by atoms with Gasteiger partial charge in [-0.05, 0) is 30.3 Å². The third-order valence-corrected chi connectivity index (χ3v) is 3.69. The second-order valence-electron chi connectivity index (χ2n) is 5.20. The molecule has 2 aromatic carbocycles. The van der Waals surface area contributed by atoms with Gasteiger partial charge in [0.15, 0.2) is 0 Å². The minimum Gasteiger partial charge on any atom is -0.324 e. The number of aryl methyl sites for hydroxylation is 1. The predicted molar refractivity (Wildman–Crippen MR) is 90.7 cm³/mol. The number of fused-ring (bicyclic) bond motifs is 1. The molecule has 0 aliphatic rings. The number of amides is 1. The third-order valence-electron chi connectivity index (χ3n) is 3.46. The summed E-state index contributed by atoms with van der Waals surface area (Å²) >= 11 is 5.66. The van der Waals surface area contributed by atoms with Crippen LogP contribution in [0.5, 0.6) is 0 Å². The largest absolute Gasteiger partial charge is 0.324 e. The molecule has 1 aromatic heterocycles. The van der Waals surface area contributed by atoms with Crippen LogP contribution in [0, 0.1) is 5.82 Å². The fourth-order valence-electron chi connectivity index (χ4n) is 2.29. The van der Waals surface area contributed by atoms with E-state index in [1.54, 1.807) is 24.3 Å². The van der Waals surface area contributed by atoms with E-state index in [0.717, 1.165) is 6.07 Å². The quantitative estimate of drug-likeness (QED) is 0.762. The van der Waals surface area contributed by atoms with Crippen molar-refractivity contribution in [2.24, 2.45) is 0 Å². The van der Waals surface area contributed by atoms with E-state index >= 15 is 0 Å². The van der Waals surface area contributed by atoms with E-state index in [1.165, 1.54) is 12.1 Å². The molecule has 7 heteroatoms. The van der Waals surface area contributed by atoms with Gasteiger partial charge in [0.25, 0.3) is 5.56 Å². The van der Waals surface area contributed by atoms with Crippen molar-refractivity contribution in [3.63, 3.8) is 0 Å². The number of halogens is 2. The first-order chi connectivity index (χ1) is 11.5. The minimum absolute atomic E-state index is 0.0589. The highest BCUT2D eigenvalue weighted by atomic mass is 35.5. The SMILES string of the molecule is O=C(CCc1nc2ccccc2c(=O)[nH]1)Nc1ccc(Cl)cc1F. The number of hydrogen-bond donors (Lipinski definition) is 2. The molecule has 2 N–H and O–H groups in total. The normalized spacial score (nSPS) is 10.8. The van der Waals surface area contributed by atoms with Crippen molar-refractivity contribution < 1.29 is 9.18 Å². The topological polar surface area (TPSA) is 74.8 Å². The smallest absolute Gasteiger partial charge is 0.258 e. The summed E-state index contributed by atoms with van der Waals surface area (Å²) in [5, 5.41) is 3.21. The van der Waals surface area contributed by atoms with Crippen molar-refractivity contribution >= 4 is 34.1 Å². The maximum absolute atomic E-state index is 13.6. The molecule has 122 valence electrons. The molecule has 0 bridgehead atoms. The summed E-state index contributed by atoms with van der Waals surface area (Å²) in [5.74, 6) is -0.578. The Morgan fingerprint density at radius 1 is 1.25 bits per heavy atom. The maximum Gasteiger partial charge on any atom is 0.258 e. The number of carbonyl (C=O) groups excluding carboxylic acids is 1. The fourth-order valence-corrected chi connectivity index (χ4v) is 2.45. The second kappa shape index (κ2) is 6.80. The molecule has 1 amide bonds. The van der Waals surface area contributed by atoms with Gasteiger partial charge >= 0.3 is 0 Å². The van der Waals surface area contributed by atoms with Crippen LogP contribution in [0.4, 0.5) is 10.1 Å². The molecular formula is C17H13ClFN3O2. The number of carbonyl (C=O) groups is 1. The molecule has 0 fully saturated rings. The molecule has 0 unspecified atom stereocenters. The number of aromatic amines is 1. The molecular weight excluding hydrogens is 333 g/mol. The number of rotatable bonds is 4. The van der Waals surface area contributed by atoms with Gasteiger partial charge in [0.1, 0.15) is 11.6 Å². The van der Waals surface area contributed by atoms with E-state index in [4.69, 9.17) is 11.6 Å². The molecule has 0 atom stereocenters. The molecule has 3 rings (SSSR count). The van der Waals surface area contributed by atoms with Crippen LogP contribution in [0.3, 0.4) is 0 Å². The van der Waals surface area contributed by atoms with Gasteiger partial charge in [-0.2, -0.15) is 0 Å². The van der Waals surface area contributed by atoms with Crippen molar-refractivity contribution in [3.05, 3.63) is 69.5 Å². The van der Waals surface area contributed by atoms with Crippen LogP contribution in [0.1, 0.15) is 12.2 Å². The number of nitrogens with zero attached hydrogens (tertiary/aromatic N) is 1.